The van der Waals surface area contributed by atoms with Crippen molar-refractivity contribution in [2.24, 2.45) is 0 Å². The van der Waals surface area contributed by atoms with Gasteiger partial charge < -0.3 is 13.9 Å². The predicted octanol–water partition coefficient (Wildman–Crippen LogP) is 4.18. The Balaban J connectivity index is 1.44. The van der Waals surface area contributed by atoms with Gasteiger partial charge in [0.25, 0.3) is 10.5 Å². The number of rotatable bonds is 5. The number of ether oxygens (including phenoxy) is 2. The van der Waals surface area contributed by atoms with Crippen LogP contribution in [0, 0.1) is 0 Å². The summed E-state index contributed by atoms with van der Waals surface area (Å²) in [6, 6.07) is 12.6. The minimum atomic E-state index is -0.467. The fraction of sp³-hybridized carbons (Fsp3) is 0.167. The van der Waals surface area contributed by atoms with Gasteiger partial charge in [0.15, 0.2) is 11.5 Å². The van der Waals surface area contributed by atoms with Gasteiger partial charge in [-0.15, -0.1) is 10.2 Å². The largest absolute Gasteiger partial charge is 0.486 e. The number of aromatic nitrogens is 2. The first-order chi connectivity index (χ1) is 12.7. The zero-order chi connectivity index (χ0) is 17.9. The number of thioether (sulfide) groups is 1. The van der Waals surface area contributed by atoms with Gasteiger partial charge in [-0.1, -0.05) is 23.9 Å². The molecular formula is C18H13ClN2O4S. The van der Waals surface area contributed by atoms with E-state index in [9.17, 15) is 4.79 Å². The summed E-state index contributed by atoms with van der Waals surface area (Å²) in [5.74, 6) is 2.45. The molecule has 4 rings (SSSR count). The van der Waals surface area contributed by atoms with E-state index < -0.39 is 5.24 Å². The minimum Gasteiger partial charge on any atom is -0.486 e. The summed E-state index contributed by atoms with van der Waals surface area (Å²) in [7, 11) is 0. The molecule has 0 atom stereocenters. The van der Waals surface area contributed by atoms with Crippen molar-refractivity contribution in [3.05, 3.63) is 53.6 Å². The van der Waals surface area contributed by atoms with E-state index in [1.165, 1.54) is 11.8 Å². The molecule has 0 N–H and O–H groups in total. The van der Waals surface area contributed by atoms with Crippen LogP contribution < -0.4 is 9.47 Å². The third-order valence-corrected chi connectivity index (χ3v) is 4.85. The van der Waals surface area contributed by atoms with Crippen LogP contribution in [-0.2, 0) is 5.75 Å². The number of fused-ring (bicyclic) bond motifs is 1. The zero-order valence-electron chi connectivity index (χ0n) is 13.5. The summed E-state index contributed by atoms with van der Waals surface area (Å²) in [5.41, 5.74) is 2.27. The second kappa shape index (κ2) is 7.39. The molecule has 1 aromatic heterocycles. The monoisotopic (exact) mass is 388 g/mol. The lowest BCUT2D eigenvalue weighted by Gasteiger charge is -2.18. The first kappa shape index (κ1) is 16.9. The van der Waals surface area contributed by atoms with Gasteiger partial charge in [0.05, 0.1) is 0 Å². The van der Waals surface area contributed by atoms with Crippen LogP contribution in [0.4, 0.5) is 0 Å². The molecule has 2 aromatic carbocycles. The molecule has 0 bridgehead atoms. The molecular weight excluding hydrogens is 376 g/mol. The lowest BCUT2D eigenvalue weighted by atomic mass is 10.2. The van der Waals surface area contributed by atoms with Crippen LogP contribution in [0.25, 0.3) is 11.5 Å². The van der Waals surface area contributed by atoms with Crippen LogP contribution in [0.3, 0.4) is 0 Å². The number of carbonyl (C=O) groups is 1. The molecule has 1 aliphatic heterocycles. The number of hydrogen-bond acceptors (Lipinski definition) is 7. The van der Waals surface area contributed by atoms with Gasteiger partial charge in [-0.05, 0) is 47.5 Å². The van der Waals surface area contributed by atoms with E-state index in [0.717, 1.165) is 11.1 Å². The van der Waals surface area contributed by atoms with Crippen molar-refractivity contribution in [3.8, 4) is 23.0 Å². The molecule has 0 fully saturated rings. The number of benzene rings is 2. The molecule has 26 heavy (non-hydrogen) atoms. The maximum atomic E-state index is 11.1. The molecule has 0 saturated heterocycles. The van der Waals surface area contributed by atoms with Gasteiger partial charge in [-0.25, -0.2) is 0 Å². The summed E-state index contributed by atoms with van der Waals surface area (Å²) in [5, 5.41) is 8.15. The van der Waals surface area contributed by atoms with Crippen LogP contribution in [-0.4, -0.2) is 28.7 Å². The fourth-order valence-corrected chi connectivity index (χ4v) is 3.28. The first-order valence-corrected chi connectivity index (χ1v) is 9.20. The number of carbonyl (C=O) groups excluding carboxylic acids is 1. The highest BCUT2D eigenvalue weighted by atomic mass is 35.5. The van der Waals surface area contributed by atoms with Crippen LogP contribution in [0.2, 0.25) is 0 Å². The lowest BCUT2D eigenvalue weighted by Crippen LogP contribution is -2.15. The number of hydrogen-bond donors (Lipinski definition) is 0. The second-order valence-corrected chi connectivity index (χ2v) is 6.76. The van der Waals surface area contributed by atoms with Gasteiger partial charge in [0, 0.05) is 16.9 Å². The standard InChI is InChI=1S/C18H13ClN2O4S/c19-16(22)12-3-1-11(2-4-12)10-26-18-21-20-17(25-18)13-5-6-14-15(9-13)24-8-7-23-14/h1-6,9H,7-8,10H2. The normalized spacial score (nSPS) is 12.8. The van der Waals surface area contributed by atoms with E-state index in [2.05, 4.69) is 10.2 Å². The Morgan fingerprint density at radius 2 is 1.81 bits per heavy atom. The number of nitrogens with zero attached hydrogens (tertiary/aromatic N) is 2. The van der Waals surface area contributed by atoms with E-state index in [1.54, 1.807) is 12.1 Å². The first-order valence-electron chi connectivity index (χ1n) is 7.84. The second-order valence-electron chi connectivity index (χ2n) is 5.49. The SMILES string of the molecule is O=C(Cl)c1ccc(CSc2nnc(-c3ccc4c(c3)OCCO4)o2)cc1. The summed E-state index contributed by atoms with van der Waals surface area (Å²) in [6.45, 7) is 1.07. The molecule has 0 spiro atoms. The van der Waals surface area contributed by atoms with Gasteiger partial charge in [-0.2, -0.15) is 0 Å². The van der Waals surface area contributed by atoms with Gasteiger partial charge in [-0.3, -0.25) is 4.79 Å². The van der Waals surface area contributed by atoms with E-state index in [4.69, 9.17) is 25.5 Å². The molecule has 8 heteroatoms. The maximum Gasteiger partial charge on any atom is 0.277 e. The summed E-state index contributed by atoms with van der Waals surface area (Å²) >= 11 is 6.86. The molecule has 0 amide bonds. The van der Waals surface area contributed by atoms with E-state index >= 15 is 0 Å². The molecule has 3 aromatic rings. The third-order valence-electron chi connectivity index (χ3n) is 3.74. The topological polar surface area (TPSA) is 74.5 Å². The average molecular weight is 389 g/mol. The van der Waals surface area contributed by atoms with Gasteiger partial charge in [0.1, 0.15) is 13.2 Å². The van der Waals surface area contributed by atoms with E-state index in [0.29, 0.717) is 47.1 Å². The fourth-order valence-electron chi connectivity index (χ4n) is 2.44. The highest BCUT2D eigenvalue weighted by Crippen LogP contribution is 2.35. The molecule has 0 unspecified atom stereocenters. The quantitative estimate of drug-likeness (QED) is 0.479. The molecule has 132 valence electrons. The Hall–Kier alpha value is -2.51. The van der Waals surface area contributed by atoms with Gasteiger partial charge >= 0.3 is 0 Å². The van der Waals surface area contributed by atoms with Crippen molar-refractivity contribution < 1.29 is 18.7 Å². The van der Waals surface area contributed by atoms with Crippen molar-refractivity contribution in [2.45, 2.75) is 11.0 Å². The molecule has 6 nitrogen and oxygen atoms in total. The highest BCUT2D eigenvalue weighted by Gasteiger charge is 2.15. The van der Waals surface area contributed by atoms with Crippen molar-refractivity contribution in [1.29, 1.82) is 0 Å². The average Bonchev–Trinajstić information content (AvgIpc) is 3.15. The Labute approximate surface area is 158 Å². The molecule has 0 aliphatic carbocycles. The molecule has 2 heterocycles. The summed E-state index contributed by atoms with van der Waals surface area (Å²) in [4.78, 5) is 11.1. The van der Waals surface area contributed by atoms with Gasteiger partial charge in [0.2, 0.25) is 5.89 Å². The Kier molecular flexibility index (Phi) is 4.81. The molecule has 0 saturated carbocycles. The van der Waals surface area contributed by atoms with Crippen molar-refractivity contribution in [3.63, 3.8) is 0 Å². The van der Waals surface area contributed by atoms with Crippen LogP contribution >= 0.6 is 23.4 Å². The highest BCUT2D eigenvalue weighted by molar-refractivity contribution is 7.98. The summed E-state index contributed by atoms with van der Waals surface area (Å²) in [6.07, 6.45) is 0. The molecule has 0 radical (unpaired) electrons. The van der Waals surface area contributed by atoms with Crippen molar-refractivity contribution in [1.82, 2.24) is 10.2 Å². The Morgan fingerprint density at radius 3 is 2.58 bits per heavy atom. The van der Waals surface area contributed by atoms with E-state index in [1.807, 2.05) is 30.3 Å². The summed E-state index contributed by atoms with van der Waals surface area (Å²) < 4.78 is 16.8. The predicted molar refractivity (Wildman–Crippen MR) is 96.9 cm³/mol. The lowest BCUT2D eigenvalue weighted by molar-refractivity contribution is 0.108. The van der Waals surface area contributed by atoms with Crippen LogP contribution in [0.15, 0.2) is 52.1 Å². The maximum absolute atomic E-state index is 11.1. The zero-order valence-corrected chi connectivity index (χ0v) is 15.0. The minimum absolute atomic E-state index is 0.424. The van der Waals surface area contributed by atoms with Crippen molar-refractivity contribution >= 4 is 28.6 Å². The third kappa shape index (κ3) is 3.68. The Morgan fingerprint density at radius 1 is 1.04 bits per heavy atom. The van der Waals surface area contributed by atoms with E-state index in [-0.39, 0.29) is 0 Å². The Bertz CT molecular complexity index is 943. The van der Waals surface area contributed by atoms with Crippen molar-refractivity contribution in [2.75, 3.05) is 13.2 Å². The smallest absolute Gasteiger partial charge is 0.277 e. The van der Waals surface area contributed by atoms with Crippen LogP contribution in [0.1, 0.15) is 15.9 Å². The number of halogens is 1. The molecule has 1 aliphatic rings. The van der Waals surface area contributed by atoms with Crippen LogP contribution in [0.5, 0.6) is 11.5 Å².